The Hall–Kier alpha value is -1.69. The second-order valence-electron chi connectivity index (χ2n) is 2.89. The van der Waals surface area contributed by atoms with Crippen molar-refractivity contribution in [3.05, 3.63) is 23.8 Å². The lowest BCUT2D eigenvalue weighted by molar-refractivity contribution is 0.0977. The van der Waals surface area contributed by atoms with Crippen molar-refractivity contribution < 1.29 is 15.0 Å². The molecule has 3 N–H and O–H groups in total. The van der Waals surface area contributed by atoms with Crippen LogP contribution in [-0.4, -0.2) is 34.6 Å². The fraction of sp³-hybridized carbons (Fsp3) is 0.200. The molecule has 0 atom stereocenters. The predicted octanol–water partition coefficient (Wildman–Crippen LogP) is 1.18. The number of carbonyl (C=O) groups excluding carboxylic acids is 1. The Labute approximate surface area is 97.2 Å². The maximum Gasteiger partial charge on any atom is 0.257 e. The molecule has 0 saturated carbocycles. The van der Waals surface area contributed by atoms with Crippen LogP contribution in [0.4, 0.5) is 0 Å². The molecule has 86 valence electrons. The third kappa shape index (κ3) is 2.90. The van der Waals surface area contributed by atoms with Gasteiger partial charge in [0.1, 0.15) is 0 Å². The Morgan fingerprint density at radius 3 is 2.56 bits per heavy atom. The normalized spacial score (nSPS) is 11.2. The second-order valence-corrected chi connectivity index (χ2v) is 3.69. The van der Waals surface area contributed by atoms with Crippen LogP contribution in [0.25, 0.3) is 0 Å². The molecule has 5 nitrogen and oxygen atoms in total. The Morgan fingerprint density at radius 2 is 2.06 bits per heavy atom. The minimum Gasteiger partial charge on any atom is -0.504 e. The molecule has 0 bridgehead atoms. The first kappa shape index (κ1) is 12.4. The fourth-order valence-corrected chi connectivity index (χ4v) is 1.41. The lowest BCUT2D eigenvalue weighted by Crippen LogP contribution is -2.28. The molecule has 1 aromatic carbocycles. The Balaban J connectivity index is 2.85. The number of phenols is 2. The van der Waals surface area contributed by atoms with E-state index in [0.29, 0.717) is 5.17 Å². The number of aromatic hydroxyl groups is 2. The van der Waals surface area contributed by atoms with Crippen LogP contribution in [0.15, 0.2) is 23.2 Å². The van der Waals surface area contributed by atoms with Crippen molar-refractivity contribution in [2.24, 2.45) is 4.99 Å². The molecule has 0 unspecified atom stereocenters. The second kappa shape index (κ2) is 5.41. The van der Waals surface area contributed by atoms with Gasteiger partial charge in [-0.2, -0.15) is 0 Å². The molecule has 1 amide bonds. The van der Waals surface area contributed by atoms with Gasteiger partial charge in [0, 0.05) is 12.6 Å². The van der Waals surface area contributed by atoms with E-state index in [1.54, 1.807) is 13.3 Å². The first-order valence-corrected chi connectivity index (χ1v) is 5.65. The average Bonchev–Trinajstić information content (AvgIpc) is 2.29. The summed E-state index contributed by atoms with van der Waals surface area (Å²) < 4.78 is 0. The van der Waals surface area contributed by atoms with Gasteiger partial charge in [0.05, 0.1) is 0 Å². The van der Waals surface area contributed by atoms with Crippen molar-refractivity contribution in [2.75, 3.05) is 13.3 Å². The number of rotatable bonds is 1. The van der Waals surface area contributed by atoms with Crippen LogP contribution < -0.4 is 5.32 Å². The summed E-state index contributed by atoms with van der Waals surface area (Å²) in [6.07, 6.45) is 1.79. The molecule has 0 spiro atoms. The zero-order valence-corrected chi connectivity index (χ0v) is 9.71. The molecule has 1 rings (SSSR count). The highest BCUT2D eigenvalue weighted by atomic mass is 32.2. The molecule has 0 saturated heterocycles. The van der Waals surface area contributed by atoms with Crippen molar-refractivity contribution >= 4 is 22.8 Å². The summed E-state index contributed by atoms with van der Waals surface area (Å²) in [6, 6.07) is 3.86. The van der Waals surface area contributed by atoms with E-state index in [1.807, 2.05) is 0 Å². The van der Waals surface area contributed by atoms with Crippen molar-refractivity contribution in [1.29, 1.82) is 0 Å². The van der Waals surface area contributed by atoms with E-state index in [2.05, 4.69) is 10.3 Å². The van der Waals surface area contributed by atoms with Gasteiger partial charge < -0.3 is 15.5 Å². The molecule has 0 fully saturated rings. The summed E-state index contributed by atoms with van der Waals surface area (Å²) in [6.45, 7) is 0. The Morgan fingerprint density at radius 1 is 1.38 bits per heavy atom. The molecule has 16 heavy (non-hydrogen) atoms. The van der Waals surface area contributed by atoms with Crippen LogP contribution in [0.5, 0.6) is 11.5 Å². The molecule has 0 aliphatic rings. The first-order chi connectivity index (χ1) is 7.58. The zero-order valence-electron chi connectivity index (χ0n) is 8.89. The van der Waals surface area contributed by atoms with Gasteiger partial charge in [0.2, 0.25) is 0 Å². The fourth-order valence-electron chi connectivity index (χ4n) is 1.03. The number of nitrogens with zero attached hydrogens (tertiary/aromatic N) is 1. The predicted molar refractivity (Wildman–Crippen MR) is 64.1 cm³/mol. The lowest BCUT2D eigenvalue weighted by Gasteiger charge is -2.06. The number of phenolic OH excluding ortho intramolecular Hbond substituents is 2. The summed E-state index contributed by atoms with van der Waals surface area (Å²) in [5.74, 6) is -0.970. The van der Waals surface area contributed by atoms with Crippen LogP contribution in [0.2, 0.25) is 0 Å². The smallest absolute Gasteiger partial charge is 0.257 e. The average molecular weight is 240 g/mol. The van der Waals surface area contributed by atoms with E-state index >= 15 is 0 Å². The van der Waals surface area contributed by atoms with Gasteiger partial charge in [-0.05, 0) is 24.5 Å². The molecule has 0 radical (unpaired) electrons. The van der Waals surface area contributed by atoms with Crippen LogP contribution in [0, 0.1) is 0 Å². The van der Waals surface area contributed by atoms with Crippen LogP contribution in [0.1, 0.15) is 10.4 Å². The number of hydrogen-bond acceptors (Lipinski definition) is 5. The molecular weight excluding hydrogens is 228 g/mol. The molecule has 0 aliphatic heterocycles. The van der Waals surface area contributed by atoms with E-state index in [0.717, 1.165) is 0 Å². The summed E-state index contributed by atoms with van der Waals surface area (Å²) >= 11 is 1.31. The van der Waals surface area contributed by atoms with E-state index in [9.17, 15) is 9.90 Å². The van der Waals surface area contributed by atoms with Gasteiger partial charge in [0.15, 0.2) is 16.7 Å². The minimum atomic E-state index is -0.384. The quantitative estimate of drug-likeness (QED) is 0.391. The largest absolute Gasteiger partial charge is 0.504 e. The number of thioether (sulfide) groups is 1. The van der Waals surface area contributed by atoms with E-state index in [-0.39, 0.29) is 23.0 Å². The monoisotopic (exact) mass is 240 g/mol. The standard InChI is InChI=1S/C10H12N2O3S/c1-11-10(16-2)12-9(15)6-3-4-7(13)8(14)5-6/h3-5,13-14H,1-2H3,(H,11,12,15). The first-order valence-electron chi connectivity index (χ1n) is 4.42. The molecule has 0 aromatic heterocycles. The van der Waals surface area contributed by atoms with Crippen molar-refractivity contribution in [1.82, 2.24) is 5.32 Å². The number of carbonyl (C=O) groups is 1. The SMILES string of the molecule is C/N=C(/NC(=O)c1ccc(O)c(O)c1)SC. The summed E-state index contributed by atoms with van der Waals surface area (Å²) in [5.41, 5.74) is 0.255. The molecule has 0 aliphatic carbocycles. The number of aliphatic imine (C=N–C) groups is 1. The van der Waals surface area contributed by atoms with Crippen LogP contribution in [0.3, 0.4) is 0 Å². The number of nitrogens with one attached hydrogen (secondary N) is 1. The van der Waals surface area contributed by atoms with E-state index in [4.69, 9.17) is 5.11 Å². The maximum atomic E-state index is 11.6. The number of amidine groups is 1. The lowest BCUT2D eigenvalue weighted by atomic mass is 10.2. The van der Waals surface area contributed by atoms with E-state index in [1.165, 1.54) is 30.0 Å². The third-order valence-corrected chi connectivity index (χ3v) is 2.53. The topological polar surface area (TPSA) is 81.9 Å². The maximum absolute atomic E-state index is 11.6. The van der Waals surface area contributed by atoms with Gasteiger partial charge in [-0.25, -0.2) is 0 Å². The van der Waals surface area contributed by atoms with Crippen molar-refractivity contribution in [3.8, 4) is 11.5 Å². The highest BCUT2D eigenvalue weighted by molar-refractivity contribution is 8.13. The number of hydrogen-bond donors (Lipinski definition) is 3. The van der Waals surface area contributed by atoms with Crippen LogP contribution in [-0.2, 0) is 0 Å². The summed E-state index contributed by atoms with van der Waals surface area (Å²) in [5, 5.41) is 21.4. The van der Waals surface area contributed by atoms with Gasteiger partial charge in [-0.3, -0.25) is 9.79 Å². The zero-order chi connectivity index (χ0) is 12.1. The van der Waals surface area contributed by atoms with Gasteiger partial charge in [-0.1, -0.05) is 11.8 Å². The molecule has 1 aromatic rings. The highest BCUT2D eigenvalue weighted by Gasteiger charge is 2.10. The molecular formula is C10H12N2O3S. The van der Waals surface area contributed by atoms with Gasteiger partial charge in [0.25, 0.3) is 5.91 Å². The van der Waals surface area contributed by atoms with Crippen molar-refractivity contribution in [3.63, 3.8) is 0 Å². The number of benzene rings is 1. The van der Waals surface area contributed by atoms with Gasteiger partial charge in [-0.15, -0.1) is 0 Å². The van der Waals surface area contributed by atoms with Gasteiger partial charge >= 0.3 is 0 Å². The number of amides is 1. The Kier molecular flexibility index (Phi) is 4.19. The highest BCUT2D eigenvalue weighted by Crippen LogP contribution is 2.24. The summed E-state index contributed by atoms with van der Waals surface area (Å²) in [7, 11) is 1.57. The minimum absolute atomic E-state index is 0.255. The van der Waals surface area contributed by atoms with Crippen LogP contribution >= 0.6 is 11.8 Å². The van der Waals surface area contributed by atoms with E-state index < -0.39 is 0 Å². The summed E-state index contributed by atoms with van der Waals surface area (Å²) in [4.78, 5) is 15.5. The van der Waals surface area contributed by atoms with Crippen molar-refractivity contribution in [2.45, 2.75) is 0 Å². The molecule has 0 heterocycles. The third-order valence-electron chi connectivity index (χ3n) is 1.85. The Bertz CT molecular complexity index is 432. The molecule has 6 heteroatoms.